The minimum absolute atomic E-state index is 0.237. The van der Waals surface area contributed by atoms with Crippen molar-refractivity contribution < 1.29 is 9.18 Å². The van der Waals surface area contributed by atoms with Gasteiger partial charge < -0.3 is 10.6 Å². The molecule has 3 aromatic rings. The van der Waals surface area contributed by atoms with Gasteiger partial charge in [0.25, 0.3) is 5.91 Å². The minimum Gasteiger partial charge on any atom is -0.350 e. The number of hydrogen-bond acceptors (Lipinski definition) is 4. The highest BCUT2D eigenvalue weighted by Crippen LogP contribution is 2.10. The fourth-order valence-corrected chi connectivity index (χ4v) is 2.46. The molecule has 132 valence electrons. The molecule has 0 unspecified atom stereocenters. The average molecular weight is 350 g/mol. The van der Waals surface area contributed by atoms with Gasteiger partial charge in [0.2, 0.25) is 5.95 Å². The molecule has 26 heavy (non-hydrogen) atoms. The summed E-state index contributed by atoms with van der Waals surface area (Å²) in [6, 6.07) is 15.9. The van der Waals surface area contributed by atoms with Gasteiger partial charge in [-0.25, -0.2) is 14.4 Å². The summed E-state index contributed by atoms with van der Waals surface area (Å²) < 4.78 is 13.6. The van der Waals surface area contributed by atoms with E-state index in [2.05, 4.69) is 20.6 Å². The van der Waals surface area contributed by atoms with Crippen molar-refractivity contribution in [3.05, 3.63) is 89.0 Å². The molecule has 6 heteroatoms. The number of benzene rings is 2. The van der Waals surface area contributed by atoms with Crippen molar-refractivity contribution in [1.82, 2.24) is 15.3 Å². The van der Waals surface area contributed by atoms with E-state index in [-0.39, 0.29) is 29.9 Å². The maximum atomic E-state index is 13.6. The Hall–Kier alpha value is -3.28. The molecule has 0 fully saturated rings. The van der Waals surface area contributed by atoms with Gasteiger partial charge in [0.15, 0.2) is 0 Å². The first kappa shape index (κ1) is 17.5. The van der Waals surface area contributed by atoms with E-state index in [0.717, 1.165) is 11.1 Å². The molecule has 2 N–H and O–H groups in total. The summed E-state index contributed by atoms with van der Waals surface area (Å²) in [5.41, 5.74) is 2.92. The molecule has 1 aromatic heterocycles. The van der Waals surface area contributed by atoms with Crippen LogP contribution < -0.4 is 10.6 Å². The Kier molecular flexibility index (Phi) is 5.53. The Balaban J connectivity index is 1.62. The van der Waals surface area contributed by atoms with Gasteiger partial charge in [-0.05, 0) is 30.2 Å². The molecule has 0 bridgehead atoms. The normalized spacial score (nSPS) is 10.4. The third kappa shape index (κ3) is 4.42. The number of rotatable bonds is 6. The number of halogens is 1. The zero-order valence-electron chi connectivity index (χ0n) is 14.4. The van der Waals surface area contributed by atoms with E-state index in [1.807, 2.05) is 31.2 Å². The molecule has 0 spiro atoms. The molecule has 1 amide bonds. The van der Waals surface area contributed by atoms with Crippen LogP contribution in [0.5, 0.6) is 0 Å². The highest BCUT2D eigenvalue weighted by molar-refractivity contribution is 5.92. The quantitative estimate of drug-likeness (QED) is 0.714. The van der Waals surface area contributed by atoms with E-state index in [4.69, 9.17) is 0 Å². The number of carbonyl (C=O) groups is 1. The summed E-state index contributed by atoms with van der Waals surface area (Å²) in [4.78, 5) is 20.6. The van der Waals surface area contributed by atoms with Crippen LogP contribution in [-0.2, 0) is 13.1 Å². The van der Waals surface area contributed by atoms with E-state index < -0.39 is 0 Å². The molecule has 5 nitrogen and oxygen atoms in total. The molecule has 3 rings (SSSR count). The second kappa shape index (κ2) is 8.20. The highest BCUT2D eigenvalue weighted by Gasteiger charge is 2.09. The molecule has 0 aliphatic carbocycles. The summed E-state index contributed by atoms with van der Waals surface area (Å²) in [6.07, 6.45) is 1.50. The van der Waals surface area contributed by atoms with Crippen molar-refractivity contribution in [2.24, 2.45) is 0 Å². The SMILES string of the molecule is Cc1ccccc1CNC(=O)c1ccnc(NCc2ccccc2F)n1. The number of aromatic nitrogens is 2. The van der Waals surface area contributed by atoms with Gasteiger partial charge in [-0.15, -0.1) is 0 Å². The van der Waals surface area contributed by atoms with Crippen LogP contribution in [-0.4, -0.2) is 15.9 Å². The van der Waals surface area contributed by atoms with E-state index >= 15 is 0 Å². The standard InChI is InChI=1S/C20H19FN4O/c1-14-6-2-3-7-15(14)12-23-19(26)18-10-11-22-20(25-18)24-13-16-8-4-5-9-17(16)21/h2-11H,12-13H2,1H3,(H,23,26)(H,22,24,25). The van der Waals surface area contributed by atoms with E-state index in [9.17, 15) is 9.18 Å². The lowest BCUT2D eigenvalue weighted by atomic mass is 10.1. The third-order valence-corrected chi connectivity index (χ3v) is 3.98. The Bertz CT molecular complexity index is 914. The monoisotopic (exact) mass is 350 g/mol. The Morgan fingerprint density at radius 2 is 1.73 bits per heavy atom. The zero-order valence-corrected chi connectivity index (χ0v) is 14.4. The van der Waals surface area contributed by atoms with Crippen molar-refractivity contribution in [1.29, 1.82) is 0 Å². The lowest BCUT2D eigenvalue weighted by Crippen LogP contribution is -2.24. The lowest BCUT2D eigenvalue weighted by molar-refractivity contribution is 0.0946. The summed E-state index contributed by atoms with van der Waals surface area (Å²) in [5, 5.41) is 5.79. The largest absolute Gasteiger partial charge is 0.350 e. The first-order valence-corrected chi connectivity index (χ1v) is 8.26. The van der Waals surface area contributed by atoms with Gasteiger partial charge in [0.05, 0.1) is 0 Å². The number of anilines is 1. The fraction of sp³-hybridized carbons (Fsp3) is 0.150. The molecule has 0 saturated carbocycles. The summed E-state index contributed by atoms with van der Waals surface area (Å²) in [5.74, 6) is -0.312. The predicted octanol–water partition coefficient (Wildman–Crippen LogP) is 3.47. The average Bonchev–Trinajstić information content (AvgIpc) is 2.67. The van der Waals surface area contributed by atoms with Crippen LogP contribution in [0.2, 0.25) is 0 Å². The summed E-state index contributed by atoms with van der Waals surface area (Å²) in [6.45, 7) is 2.66. The van der Waals surface area contributed by atoms with Crippen LogP contribution >= 0.6 is 0 Å². The molecule has 0 aliphatic heterocycles. The Morgan fingerprint density at radius 3 is 2.50 bits per heavy atom. The lowest BCUT2D eigenvalue weighted by Gasteiger charge is -2.09. The van der Waals surface area contributed by atoms with Crippen molar-refractivity contribution >= 4 is 11.9 Å². The van der Waals surface area contributed by atoms with Crippen LogP contribution in [0.4, 0.5) is 10.3 Å². The molecule has 0 aliphatic rings. The summed E-state index contributed by atoms with van der Waals surface area (Å²) in [7, 11) is 0. The van der Waals surface area contributed by atoms with Crippen LogP contribution in [0.1, 0.15) is 27.2 Å². The van der Waals surface area contributed by atoms with Crippen LogP contribution in [0.25, 0.3) is 0 Å². The second-order valence-corrected chi connectivity index (χ2v) is 5.82. The molecule has 0 atom stereocenters. The predicted molar refractivity (Wildman–Crippen MR) is 98.1 cm³/mol. The van der Waals surface area contributed by atoms with Crippen molar-refractivity contribution in [2.45, 2.75) is 20.0 Å². The van der Waals surface area contributed by atoms with Gasteiger partial charge in [-0.3, -0.25) is 4.79 Å². The molecule has 0 radical (unpaired) electrons. The Labute approximate surface area is 151 Å². The van der Waals surface area contributed by atoms with E-state index in [1.54, 1.807) is 24.3 Å². The van der Waals surface area contributed by atoms with Gasteiger partial charge in [0, 0.05) is 24.8 Å². The van der Waals surface area contributed by atoms with Crippen LogP contribution in [0.3, 0.4) is 0 Å². The van der Waals surface area contributed by atoms with E-state index in [1.165, 1.54) is 12.3 Å². The maximum Gasteiger partial charge on any atom is 0.270 e. The van der Waals surface area contributed by atoms with Gasteiger partial charge in [0.1, 0.15) is 11.5 Å². The van der Waals surface area contributed by atoms with Crippen molar-refractivity contribution in [3.8, 4) is 0 Å². The number of hydrogen-bond donors (Lipinski definition) is 2. The second-order valence-electron chi connectivity index (χ2n) is 5.82. The molecule has 0 saturated heterocycles. The molecular weight excluding hydrogens is 331 g/mol. The first-order chi connectivity index (χ1) is 12.6. The summed E-state index contributed by atoms with van der Waals surface area (Å²) >= 11 is 0. The smallest absolute Gasteiger partial charge is 0.270 e. The van der Waals surface area contributed by atoms with Gasteiger partial charge in [-0.2, -0.15) is 0 Å². The fourth-order valence-electron chi connectivity index (χ4n) is 2.46. The van der Waals surface area contributed by atoms with Gasteiger partial charge in [-0.1, -0.05) is 42.5 Å². The van der Waals surface area contributed by atoms with E-state index in [0.29, 0.717) is 12.1 Å². The van der Waals surface area contributed by atoms with Crippen LogP contribution in [0, 0.1) is 12.7 Å². The minimum atomic E-state index is -0.299. The number of carbonyl (C=O) groups excluding carboxylic acids is 1. The topological polar surface area (TPSA) is 66.9 Å². The van der Waals surface area contributed by atoms with Crippen molar-refractivity contribution in [2.75, 3.05) is 5.32 Å². The number of amides is 1. The Morgan fingerprint density at radius 1 is 1.00 bits per heavy atom. The molecule has 2 aromatic carbocycles. The maximum absolute atomic E-state index is 13.6. The third-order valence-electron chi connectivity index (χ3n) is 3.98. The number of aryl methyl sites for hydroxylation is 1. The highest BCUT2D eigenvalue weighted by atomic mass is 19.1. The number of nitrogens with one attached hydrogen (secondary N) is 2. The first-order valence-electron chi connectivity index (χ1n) is 8.26. The van der Waals surface area contributed by atoms with Crippen LogP contribution in [0.15, 0.2) is 60.8 Å². The van der Waals surface area contributed by atoms with Gasteiger partial charge >= 0.3 is 0 Å². The number of nitrogens with zero attached hydrogens (tertiary/aromatic N) is 2. The van der Waals surface area contributed by atoms with Crippen molar-refractivity contribution in [3.63, 3.8) is 0 Å². The molecular formula is C20H19FN4O. The molecule has 1 heterocycles. The zero-order chi connectivity index (χ0) is 18.4.